The average molecular weight is 170 g/mol. The minimum Gasteiger partial charge on any atom is -0.381 e. The molecule has 0 fully saturated rings. The second kappa shape index (κ2) is 3.93. The van der Waals surface area contributed by atoms with Crippen molar-refractivity contribution >= 4 is 0 Å². The largest absolute Gasteiger partial charge is 0.381 e. The molecule has 0 aromatic rings. The Hall–Kier alpha value is -0.520. The molecule has 70 valence electrons. The SMILES string of the molecule is COCC(C)(O)C#CC(C)(C)C. The van der Waals surface area contributed by atoms with Gasteiger partial charge in [0.1, 0.15) is 5.60 Å². The Kier molecular flexibility index (Phi) is 3.76. The van der Waals surface area contributed by atoms with Crippen LogP contribution in [0.3, 0.4) is 0 Å². The molecule has 0 aromatic carbocycles. The van der Waals surface area contributed by atoms with Gasteiger partial charge in [0.2, 0.25) is 0 Å². The van der Waals surface area contributed by atoms with Crippen LogP contribution in [-0.4, -0.2) is 24.4 Å². The summed E-state index contributed by atoms with van der Waals surface area (Å²) >= 11 is 0. The first-order valence-electron chi connectivity index (χ1n) is 4.02. The lowest BCUT2D eigenvalue weighted by atomic mass is 9.96. The van der Waals surface area contributed by atoms with Crippen molar-refractivity contribution in [3.8, 4) is 11.8 Å². The van der Waals surface area contributed by atoms with E-state index in [0.717, 1.165) is 0 Å². The van der Waals surface area contributed by atoms with E-state index in [1.54, 1.807) is 14.0 Å². The predicted octanol–water partition coefficient (Wildman–Crippen LogP) is 1.43. The first-order valence-corrected chi connectivity index (χ1v) is 4.02. The van der Waals surface area contributed by atoms with Gasteiger partial charge in [0.05, 0.1) is 6.61 Å². The third-order valence-electron chi connectivity index (χ3n) is 1.13. The lowest BCUT2D eigenvalue weighted by molar-refractivity contribution is 0.0272. The zero-order chi connectivity index (χ0) is 9.83. The number of ether oxygens (including phenoxy) is 1. The number of hydrogen-bond acceptors (Lipinski definition) is 2. The Morgan fingerprint density at radius 1 is 1.17 bits per heavy atom. The number of rotatable bonds is 2. The Bertz CT molecular complexity index is 188. The molecular weight excluding hydrogens is 152 g/mol. The molecule has 0 radical (unpaired) electrons. The molecule has 1 N–H and O–H groups in total. The second-order valence-corrected chi connectivity index (χ2v) is 4.21. The molecule has 0 aromatic heterocycles. The van der Waals surface area contributed by atoms with Gasteiger partial charge in [0, 0.05) is 12.5 Å². The van der Waals surface area contributed by atoms with Crippen molar-refractivity contribution in [1.82, 2.24) is 0 Å². The minimum atomic E-state index is -1.03. The molecule has 1 atom stereocenters. The summed E-state index contributed by atoms with van der Waals surface area (Å²) in [6.07, 6.45) is 0. The standard InChI is InChI=1S/C10H18O2/c1-9(2,3)6-7-10(4,11)8-12-5/h11H,8H2,1-5H3. The second-order valence-electron chi connectivity index (χ2n) is 4.21. The van der Waals surface area contributed by atoms with Crippen LogP contribution in [0.2, 0.25) is 0 Å². The summed E-state index contributed by atoms with van der Waals surface area (Å²) < 4.78 is 4.82. The highest BCUT2D eigenvalue weighted by atomic mass is 16.5. The van der Waals surface area contributed by atoms with Crippen molar-refractivity contribution in [1.29, 1.82) is 0 Å². The average Bonchev–Trinajstić information content (AvgIpc) is 1.83. The van der Waals surface area contributed by atoms with Crippen molar-refractivity contribution in [2.45, 2.75) is 33.3 Å². The van der Waals surface area contributed by atoms with E-state index in [-0.39, 0.29) is 12.0 Å². The van der Waals surface area contributed by atoms with Crippen LogP contribution in [0.5, 0.6) is 0 Å². The summed E-state index contributed by atoms with van der Waals surface area (Å²) in [6.45, 7) is 7.90. The quantitative estimate of drug-likeness (QED) is 0.635. The smallest absolute Gasteiger partial charge is 0.145 e. The number of methoxy groups -OCH3 is 1. The highest BCUT2D eigenvalue weighted by Gasteiger charge is 2.16. The van der Waals surface area contributed by atoms with Crippen LogP contribution in [0.25, 0.3) is 0 Å². The third kappa shape index (κ3) is 6.21. The minimum absolute atomic E-state index is 0.0717. The van der Waals surface area contributed by atoms with Crippen LogP contribution < -0.4 is 0 Å². The van der Waals surface area contributed by atoms with E-state index in [2.05, 4.69) is 11.8 Å². The normalized spacial score (nSPS) is 16.2. The highest BCUT2D eigenvalue weighted by Crippen LogP contribution is 2.11. The number of hydrogen-bond donors (Lipinski definition) is 1. The van der Waals surface area contributed by atoms with E-state index in [1.165, 1.54) is 0 Å². The van der Waals surface area contributed by atoms with Crippen molar-refractivity contribution in [2.24, 2.45) is 5.41 Å². The Labute approximate surface area is 74.9 Å². The highest BCUT2D eigenvalue weighted by molar-refractivity contribution is 5.16. The molecule has 0 aliphatic rings. The molecule has 0 saturated carbocycles. The lowest BCUT2D eigenvalue weighted by Gasteiger charge is -2.16. The van der Waals surface area contributed by atoms with Gasteiger partial charge in [-0.25, -0.2) is 0 Å². The summed E-state index contributed by atoms with van der Waals surface area (Å²) in [5, 5.41) is 9.58. The third-order valence-corrected chi connectivity index (χ3v) is 1.13. The lowest BCUT2D eigenvalue weighted by Crippen LogP contribution is -2.28. The van der Waals surface area contributed by atoms with E-state index in [4.69, 9.17) is 4.74 Å². The van der Waals surface area contributed by atoms with Crippen LogP contribution in [0.15, 0.2) is 0 Å². The first kappa shape index (κ1) is 11.5. The Balaban J connectivity index is 4.28. The van der Waals surface area contributed by atoms with Gasteiger partial charge in [-0.3, -0.25) is 0 Å². The van der Waals surface area contributed by atoms with Crippen molar-refractivity contribution in [3.63, 3.8) is 0 Å². The summed E-state index contributed by atoms with van der Waals surface area (Å²) in [4.78, 5) is 0. The summed E-state index contributed by atoms with van der Waals surface area (Å²) in [6, 6.07) is 0. The molecule has 2 heteroatoms. The van der Waals surface area contributed by atoms with Gasteiger partial charge < -0.3 is 9.84 Å². The van der Waals surface area contributed by atoms with Crippen LogP contribution in [-0.2, 0) is 4.74 Å². The van der Waals surface area contributed by atoms with Gasteiger partial charge >= 0.3 is 0 Å². The maximum atomic E-state index is 9.58. The van der Waals surface area contributed by atoms with Gasteiger partial charge in [-0.2, -0.15) is 0 Å². The molecular formula is C10H18O2. The maximum absolute atomic E-state index is 9.58. The molecule has 12 heavy (non-hydrogen) atoms. The molecule has 1 unspecified atom stereocenters. The van der Waals surface area contributed by atoms with Crippen molar-refractivity contribution < 1.29 is 9.84 Å². The van der Waals surface area contributed by atoms with E-state index in [9.17, 15) is 5.11 Å². The van der Waals surface area contributed by atoms with Gasteiger partial charge in [-0.1, -0.05) is 11.8 Å². The fourth-order valence-electron chi connectivity index (χ4n) is 0.639. The summed E-state index contributed by atoms with van der Waals surface area (Å²) in [7, 11) is 1.55. The summed E-state index contributed by atoms with van der Waals surface area (Å²) in [5.74, 6) is 5.75. The molecule has 0 aliphatic heterocycles. The van der Waals surface area contributed by atoms with E-state index < -0.39 is 5.60 Å². The van der Waals surface area contributed by atoms with Crippen LogP contribution in [0.4, 0.5) is 0 Å². The van der Waals surface area contributed by atoms with Gasteiger partial charge in [0.15, 0.2) is 0 Å². The fraction of sp³-hybridized carbons (Fsp3) is 0.800. The molecule has 0 bridgehead atoms. The topological polar surface area (TPSA) is 29.5 Å². The maximum Gasteiger partial charge on any atom is 0.145 e. The van der Waals surface area contributed by atoms with Gasteiger partial charge in [0.25, 0.3) is 0 Å². The fourth-order valence-corrected chi connectivity index (χ4v) is 0.639. The molecule has 0 spiro atoms. The van der Waals surface area contributed by atoms with E-state index >= 15 is 0 Å². The molecule has 0 saturated heterocycles. The molecule has 0 rings (SSSR count). The van der Waals surface area contributed by atoms with E-state index in [1.807, 2.05) is 20.8 Å². The number of aliphatic hydroxyl groups is 1. The Morgan fingerprint density at radius 2 is 1.67 bits per heavy atom. The van der Waals surface area contributed by atoms with Gasteiger partial charge in [-0.15, -0.1) is 0 Å². The van der Waals surface area contributed by atoms with Crippen LogP contribution >= 0.6 is 0 Å². The van der Waals surface area contributed by atoms with Crippen molar-refractivity contribution in [2.75, 3.05) is 13.7 Å². The zero-order valence-electron chi connectivity index (χ0n) is 8.56. The zero-order valence-corrected chi connectivity index (χ0v) is 8.56. The van der Waals surface area contributed by atoms with Crippen LogP contribution in [0.1, 0.15) is 27.7 Å². The van der Waals surface area contributed by atoms with Crippen LogP contribution in [0, 0.1) is 17.3 Å². The monoisotopic (exact) mass is 170 g/mol. The van der Waals surface area contributed by atoms with E-state index in [0.29, 0.717) is 0 Å². The predicted molar refractivity (Wildman–Crippen MR) is 49.7 cm³/mol. The van der Waals surface area contributed by atoms with Crippen molar-refractivity contribution in [3.05, 3.63) is 0 Å². The Morgan fingerprint density at radius 3 is 2.00 bits per heavy atom. The molecule has 0 heterocycles. The molecule has 0 amide bonds. The van der Waals surface area contributed by atoms with Gasteiger partial charge in [-0.05, 0) is 27.7 Å². The molecule has 2 nitrogen and oxygen atoms in total. The summed E-state index contributed by atoms with van der Waals surface area (Å²) in [5.41, 5.74) is -1.10. The first-order chi connectivity index (χ1) is 5.27. The molecule has 0 aliphatic carbocycles.